The van der Waals surface area contributed by atoms with Crippen LogP contribution in [0, 0.1) is 5.41 Å². The standard InChI is InChI=1S/C23H31NO6/c1-5-29-19-8-7-15(12-20(19)30-6-2)11-17(25)22-16(24-10-9-21(27)28)13-23(3,4)14-18(22)26/h7-8,12,25H,5-6,9-11,13-14H2,1-4H3,(H,27,28)/b22-17+,24-16?. The molecule has 1 fully saturated rings. The summed E-state index contributed by atoms with van der Waals surface area (Å²) >= 11 is 0. The van der Waals surface area contributed by atoms with E-state index in [1.54, 1.807) is 12.1 Å². The summed E-state index contributed by atoms with van der Waals surface area (Å²) in [5.74, 6) is 0.0288. The molecule has 1 saturated carbocycles. The van der Waals surface area contributed by atoms with Crippen LogP contribution < -0.4 is 9.47 Å². The molecule has 0 unspecified atom stereocenters. The molecule has 0 radical (unpaired) electrons. The van der Waals surface area contributed by atoms with E-state index in [4.69, 9.17) is 14.6 Å². The molecule has 0 atom stereocenters. The van der Waals surface area contributed by atoms with Crippen molar-refractivity contribution in [2.75, 3.05) is 19.8 Å². The van der Waals surface area contributed by atoms with Gasteiger partial charge in [-0.15, -0.1) is 0 Å². The number of nitrogens with zero attached hydrogens (tertiary/aromatic N) is 1. The normalized spacial score (nSPS) is 18.9. The van der Waals surface area contributed by atoms with Crippen LogP contribution in [-0.2, 0) is 16.0 Å². The number of carbonyl (C=O) groups excluding carboxylic acids is 1. The summed E-state index contributed by atoms with van der Waals surface area (Å²) in [7, 11) is 0. The first kappa shape index (κ1) is 23.4. The molecule has 7 heteroatoms. The van der Waals surface area contributed by atoms with E-state index in [-0.39, 0.29) is 41.9 Å². The van der Waals surface area contributed by atoms with Gasteiger partial charge in [-0.2, -0.15) is 0 Å². The molecule has 1 aromatic rings. The lowest BCUT2D eigenvalue weighted by Gasteiger charge is -2.31. The Morgan fingerprint density at radius 1 is 1.10 bits per heavy atom. The Balaban J connectivity index is 2.36. The lowest BCUT2D eigenvalue weighted by Crippen LogP contribution is -2.33. The molecular formula is C23H31NO6. The minimum absolute atomic E-state index is 0.0591. The Kier molecular flexibility index (Phi) is 8.03. The van der Waals surface area contributed by atoms with E-state index >= 15 is 0 Å². The topological polar surface area (TPSA) is 105 Å². The number of carbonyl (C=O) groups is 2. The molecule has 1 aromatic carbocycles. The van der Waals surface area contributed by atoms with E-state index in [1.807, 2.05) is 33.8 Å². The maximum atomic E-state index is 12.8. The third-order valence-corrected chi connectivity index (χ3v) is 4.75. The number of hydrogen-bond acceptors (Lipinski definition) is 6. The van der Waals surface area contributed by atoms with Crippen LogP contribution in [0.4, 0.5) is 0 Å². The summed E-state index contributed by atoms with van der Waals surface area (Å²) in [6.07, 6.45) is 0.831. The molecule has 0 saturated heterocycles. The number of benzene rings is 1. The lowest BCUT2D eigenvalue weighted by molar-refractivity contribution is -0.136. The second kappa shape index (κ2) is 10.3. The summed E-state index contributed by atoms with van der Waals surface area (Å²) in [4.78, 5) is 28.0. The van der Waals surface area contributed by atoms with Gasteiger partial charge in [-0.3, -0.25) is 14.6 Å². The van der Waals surface area contributed by atoms with Gasteiger partial charge in [0.2, 0.25) is 0 Å². The molecule has 164 valence electrons. The highest BCUT2D eigenvalue weighted by Gasteiger charge is 2.36. The van der Waals surface area contributed by atoms with Gasteiger partial charge in [0.25, 0.3) is 0 Å². The van der Waals surface area contributed by atoms with Gasteiger partial charge in [0, 0.05) is 25.1 Å². The minimum atomic E-state index is -0.951. The monoisotopic (exact) mass is 417 g/mol. The molecule has 0 aromatic heterocycles. The number of Topliss-reactive ketones (excluding diaryl/α,β-unsaturated/α-hetero) is 1. The lowest BCUT2D eigenvalue weighted by atomic mass is 9.73. The van der Waals surface area contributed by atoms with Crippen molar-refractivity contribution >= 4 is 17.5 Å². The highest BCUT2D eigenvalue weighted by molar-refractivity contribution is 6.24. The average Bonchev–Trinajstić information content (AvgIpc) is 2.62. The highest BCUT2D eigenvalue weighted by Crippen LogP contribution is 2.36. The zero-order valence-corrected chi connectivity index (χ0v) is 18.2. The molecule has 1 aliphatic carbocycles. The summed E-state index contributed by atoms with van der Waals surface area (Å²) in [6, 6.07) is 5.40. The van der Waals surface area contributed by atoms with Gasteiger partial charge < -0.3 is 19.7 Å². The summed E-state index contributed by atoms with van der Waals surface area (Å²) < 4.78 is 11.2. The molecule has 2 N–H and O–H groups in total. The molecule has 0 spiro atoms. The number of aliphatic hydroxyl groups is 1. The predicted octanol–water partition coefficient (Wildman–Crippen LogP) is 4.14. The fourth-order valence-electron chi connectivity index (χ4n) is 3.52. The van der Waals surface area contributed by atoms with Crippen LogP contribution in [0.5, 0.6) is 11.5 Å². The number of aliphatic imine (C=N–C) groups is 1. The third kappa shape index (κ3) is 6.34. The first-order valence-corrected chi connectivity index (χ1v) is 10.3. The predicted molar refractivity (Wildman–Crippen MR) is 115 cm³/mol. The van der Waals surface area contributed by atoms with Crippen LogP contribution in [0.2, 0.25) is 0 Å². The molecular weight excluding hydrogens is 386 g/mol. The smallest absolute Gasteiger partial charge is 0.305 e. The quantitative estimate of drug-likeness (QED) is 0.462. The Bertz CT molecular complexity index is 853. The van der Waals surface area contributed by atoms with Gasteiger partial charge >= 0.3 is 5.97 Å². The Morgan fingerprint density at radius 2 is 1.77 bits per heavy atom. The fourth-order valence-corrected chi connectivity index (χ4v) is 3.52. The van der Waals surface area contributed by atoms with Gasteiger partial charge in [0.05, 0.1) is 25.2 Å². The summed E-state index contributed by atoms with van der Waals surface area (Å²) in [5.41, 5.74) is 1.18. The summed E-state index contributed by atoms with van der Waals surface area (Å²) in [5, 5.41) is 19.7. The van der Waals surface area contributed by atoms with Crippen LogP contribution in [0.25, 0.3) is 0 Å². The molecule has 0 amide bonds. The van der Waals surface area contributed by atoms with E-state index in [0.717, 1.165) is 5.56 Å². The van der Waals surface area contributed by atoms with Crippen LogP contribution in [0.15, 0.2) is 34.5 Å². The Morgan fingerprint density at radius 3 is 2.40 bits per heavy atom. The molecule has 2 rings (SSSR count). The molecule has 0 bridgehead atoms. The fraction of sp³-hybridized carbons (Fsp3) is 0.522. The van der Waals surface area contributed by atoms with E-state index in [9.17, 15) is 14.7 Å². The van der Waals surface area contributed by atoms with Gasteiger partial charge in [-0.1, -0.05) is 19.9 Å². The Hall–Kier alpha value is -2.83. The molecule has 1 aliphatic rings. The van der Waals surface area contributed by atoms with Crippen LogP contribution in [0.3, 0.4) is 0 Å². The third-order valence-electron chi connectivity index (χ3n) is 4.75. The number of rotatable bonds is 9. The SMILES string of the molecule is CCOc1ccc(C/C(O)=C2\C(=O)CC(C)(C)CC2=NCCC(=O)O)cc1OCC. The molecule has 30 heavy (non-hydrogen) atoms. The second-order valence-electron chi connectivity index (χ2n) is 8.06. The van der Waals surface area contributed by atoms with Gasteiger partial charge in [0.15, 0.2) is 17.3 Å². The highest BCUT2D eigenvalue weighted by atomic mass is 16.5. The zero-order chi connectivity index (χ0) is 22.3. The first-order valence-electron chi connectivity index (χ1n) is 10.3. The largest absolute Gasteiger partial charge is 0.511 e. The van der Waals surface area contributed by atoms with E-state index in [2.05, 4.69) is 4.99 Å². The maximum absolute atomic E-state index is 12.8. The molecule has 0 aliphatic heterocycles. The van der Waals surface area contributed by atoms with Crippen LogP contribution in [-0.4, -0.2) is 47.4 Å². The molecule has 7 nitrogen and oxygen atoms in total. The number of hydrogen-bond donors (Lipinski definition) is 2. The average molecular weight is 418 g/mol. The van der Waals surface area contributed by atoms with Crippen molar-refractivity contribution in [1.29, 1.82) is 0 Å². The van der Waals surface area contributed by atoms with Crippen molar-refractivity contribution in [2.45, 2.75) is 53.4 Å². The van der Waals surface area contributed by atoms with Gasteiger partial charge in [-0.05, 0) is 43.4 Å². The van der Waals surface area contributed by atoms with Crippen LogP contribution >= 0.6 is 0 Å². The Labute approximate surface area is 177 Å². The number of carboxylic acids is 1. The number of allylic oxidation sites excluding steroid dienone is 2. The van der Waals surface area contributed by atoms with Crippen molar-refractivity contribution in [1.82, 2.24) is 0 Å². The number of ether oxygens (including phenoxy) is 2. The minimum Gasteiger partial charge on any atom is -0.511 e. The number of aliphatic carboxylic acids is 1. The van der Waals surface area contributed by atoms with Crippen LogP contribution in [0.1, 0.15) is 52.5 Å². The van der Waals surface area contributed by atoms with Crippen molar-refractivity contribution in [2.24, 2.45) is 10.4 Å². The zero-order valence-electron chi connectivity index (χ0n) is 18.2. The van der Waals surface area contributed by atoms with Gasteiger partial charge in [-0.25, -0.2) is 0 Å². The number of aliphatic hydroxyl groups excluding tert-OH is 1. The first-order chi connectivity index (χ1) is 14.2. The van der Waals surface area contributed by atoms with Crippen molar-refractivity contribution in [3.05, 3.63) is 35.1 Å². The maximum Gasteiger partial charge on any atom is 0.305 e. The second-order valence-corrected chi connectivity index (χ2v) is 8.06. The van der Waals surface area contributed by atoms with Crippen molar-refractivity contribution in [3.63, 3.8) is 0 Å². The van der Waals surface area contributed by atoms with E-state index < -0.39 is 5.97 Å². The summed E-state index contributed by atoms with van der Waals surface area (Å²) in [6.45, 7) is 8.76. The van der Waals surface area contributed by atoms with Gasteiger partial charge in [0.1, 0.15) is 5.76 Å². The van der Waals surface area contributed by atoms with Crippen molar-refractivity contribution in [3.8, 4) is 11.5 Å². The number of carboxylic acid groups (broad SMARTS) is 1. The number of ketones is 1. The molecule has 0 heterocycles. The van der Waals surface area contributed by atoms with Crippen molar-refractivity contribution < 1.29 is 29.3 Å². The van der Waals surface area contributed by atoms with E-state index in [1.165, 1.54) is 0 Å². The van der Waals surface area contributed by atoms with E-state index in [0.29, 0.717) is 43.3 Å².